The quantitative estimate of drug-likeness (QED) is 0.597. The molecule has 1 saturated heterocycles. The lowest BCUT2D eigenvalue weighted by molar-refractivity contribution is -0.129. The van der Waals surface area contributed by atoms with Crippen LogP contribution in [0.15, 0.2) is 59.8 Å². The van der Waals surface area contributed by atoms with Gasteiger partial charge in [0.15, 0.2) is 0 Å². The lowest BCUT2D eigenvalue weighted by atomic mass is 10.1. The molecule has 0 bridgehead atoms. The van der Waals surface area contributed by atoms with E-state index in [1.807, 2.05) is 59.5 Å². The Morgan fingerprint density at radius 2 is 1.79 bits per heavy atom. The second-order valence-electron chi connectivity index (χ2n) is 6.49. The normalized spacial score (nSPS) is 14.8. The molecule has 0 spiro atoms. The van der Waals surface area contributed by atoms with Crippen LogP contribution in [0.2, 0.25) is 0 Å². The van der Waals surface area contributed by atoms with Crippen LogP contribution in [-0.2, 0) is 4.79 Å². The Labute approximate surface area is 167 Å². The molecule has 8 heteroatoms. The molecule has 1 amide bonds. The van der Waals surface area contributed by atoms with Gasteiger partial charge in [0.1, 0.15) is 16.7 Å². The summed E-state index contributed by atoms with van der Waals surface area (Å²) in [6.07, 6.45) is 2.10. The summed E-state index contributed by atoms with van der Waals surface area (Å²) in [6.45, 7) is 1.61. The molecule has 1 atom stereocenters. The number of carbonyl (C=O) groups is 1. The summed E-state index contributed by atoms with van der Waals surface area (Å²) in [7, 11) is 1.61. The molecule has 0 saturated carbocycles. The van der Waals surface area contributed by atoms with Crippen LogP contribution in [0.25, 0.3) is 5.69 Å². The van der Waals surface area contributed by atoms with Crippen LogP contribution < -0.4 is 4.74 Å². The van der Waals surface area contributed by atoms with Gasteiger partial charge < -0.3 is 9.64 Å². The highest BCUT2D eigenvalue weighted by Crippen LogP contribution is 2.37. The summed E-state index contributed by atoms with van der Waals surface area (Å²) >= 11 is 1.36. The predicted molar refractivity (Wildman–Crippen MR) is 107 cm³/mol. The van der Waals surface area contributed by atoms with Crippen molar-refractivity contribution in [2.75, 3.05) is 20.2 Å². The summed E-state index contributed by atoms with van der Waals surface area (Å²) in [6, 6.07) is 17.3. The number of para-hydroxylation sites is 2. The topological polar surface area (TPSA) is 73.1 Å². The van der Waals surface area contributed by atoms with E-state index in [9.17, 15) is 4.79 Å². The number of likely N-dealkylation sites (tertiary alicyclic amines) is 1. The fraction of sp³-hybridized carbons (Fsp3) is 0.300. The van der Waals surface area contributed by atoms with E-state index < -0.39 is 5.25 Å². The van der Waals surface area contributed by atoms with E-state index in [2.05, 4.69) is 15.5 Å². The fourth-order valence-electron chi connectivity index (χ4n) is 3.31. The van der Waals surface area contributed by atoms with E-state index in [0.717, 1.165) is 37.2 Å². The number of tetrazole rings is 1. The largest absolute Gasteiger partial charge is 0.494 e. The second-order valence-corrected chi connectivity index (χ2v) is 7.56. The van der Waals surface area contributed by atoms with Crippen LogP contribution in [0.1, 0.15) is 23.7 Å². The summed E-state index contributed by atoms with van der Waals surface area (Å²) < 4.78 is 7.06. The Morgan fingerprint density at radius 1 is 1.07 bits per heavy atom. The van der Waals surface area contributed by atoms with Gasteiger partial charge in [-0.2, -0.15) is 4.68 Å². The molecule has 0 unspecified atom stereocenters. The van der Waals surface area contributed by atoms with Crippen LogP contribution >= 0.6 is 11.8 Å². The highest BCUT2D eigenvalue weighted by atomic mass is 32.2. The van der Waals surface area contributed by atoms with Crippen molar-refractivity contribution in [2.24, 2.45) is 0 Å². The minimum Gasteiger partial charge on any atom is -0.494 e. The molecule has 0 radical (unpaired) electrons. The maximum atomic E-state index is 13.2. The molecule has 4 rings (SSSR count). The molecule has 2 heterocycles. The lowest BCUT2D eigenvalue weighted by Gasteiger charge is -2.22. The first-order valence-corrected chi connectivity index (χ1v) is 10.1. The third-order valence-corrected chi connectivity index (χ3v) is 5.90. The van der Waals surface area contributed by atoms with Crippen molar-refractivity contribution >= 4 is 17.7 Å². The van der Waals surface area contributed by atoms with Gasteiger partial charge in [-0.05, 0) is 41.0 Å². The first-order chi connectivity index (χ1) is 13.8. The third kappa shape index (κ3) is 3.73. The van der Waals surface area contributed by atoms with E-state index in [1.54, 1.807) is 11.8 Å². The molecule has 7 nitrogen and oxygen atoms in total. The molecule has 144 valence electrons. The van der Waals surface area contributed by atoms with Gasteiger partial charge in [-0.1, -0.05) is 54.2 Å². The zero-order valence-corrected chi connectivity index (χ0v) is 16.4. The molecule has 2 aromatic carbocycles. The third-order valence-electron chi connectivity index (χ3n) is 4.72. The number of ether oxygens (including phenoxy) is 1. The highest BCUT2D eigenvalue weighted by molar-refractivity contribution is 8.00. The van der Waals surface area contributed by atoms with Crippen LogP contribution in [0.5, 0.6) is 5.75 Å². The van der Waals surface area contributed by atoms with Crippen LogP contribution in [0.4, 0.5) is 0 Å². The van der Waals surface area contributed by atoms with Crippen LogP contribution in [0.3, 0.4) is 0 Å². The number of hydrogen-bond acceptors (Lipinski definition) is 6. The van der Waals surface area contributed by atoms with Crippen molar-refractivity contribution in [1.29, 1.82) is 0 Å². The Kier molecular flexibility index (Phi) is 5.57. The molecule has 1 aromatic heterocycles. The molecule has 1 aliphatic heterocycles. The second kappa shape index (κ2) is 8.43. The van der Waals surface area contributed by atoms with Crippen molar-refractivity contribution in [2.45, 2.75) is 23.2 Å². The summed E-state index contributed by atoms with van der Waals surface area (Å²) in [5, 5.41) is 12.3. The van der Waals surface area contributed by atoms with Gasteiger partial charge in [-0.3, -0.25) is 4.79 Å². The summed E-state index contributed by atoms with van der Waals surface area (Å²) in [5.74, 6) is 0.766. The van der Waals surface area contributed by atoms with Gasteiger partial charge in [0, 0.05) is 13.1 Å². The van der Waals surface area contributed by atoms with Crippen molar-refractivity contribution in [3.63, 3.8) is 0 Å². The minimum atomic E-state index is -0.404. The summed E-state index contributed by atoms with van der Waals surface area (Å²) in [5.41, 5.74) is 1.68. The zero-order valence-electron chi connectivity index (χ0n) is 15.6. The van der Waals surface area contributed by atoms with E-state index in [1.165, 1.54) is 11.8 Å². The zero-order chi connectivity index (χ0) is 19.3. The smallest absolute Gasteiger partial charge is 0.240 e. The number of benzene rings is 2. The van der Waals surface area contributed by atoms with Crippen LogP contribution in [0, 0.1) is 0 Å². The Balaban J connectivity index is 1.68. The highest BCUT2D eigenvalue weighted by Gasteiger charge is 2.30. The van der Waals surface area contributed by atoms with E-state index in [-0.39, 0.29) is 5.91 Å². The van der Waals surface area contributed by atoms with Crippen molar-refractivity contribution in [1.82, 2.24) is 25.1 Å². The van der Waals surface area contributed by atoms with Crippen molar-refractivity contribution in [3.8, 4) is 11.4 Å². The fourth-order valence-corrected chi connectivity index (χ4v) is 4.38. The van der Waals surface area contributed by atoms with Crippen molar-refractivity contribution < 1.29 is 9.53 Å². The van der Waals surface area contributed by atoms with Gasteiger partial charge in [-0.25, -0.2) is 0 Å². The number of methoxy groups -OCH3 is 1. The minimum absolute atomic E-state index is 0.100. The average Bonchev–Trinajstić information content (AvgIpc) is 3.44. The molecule has 28 heavy (non-hydrogen) atoms. The number of carbonyl (C=O) groups excluding carboxylic acids is 1. The Bertz CT molecular complexity index is 941. The first-order valence-electron chi connectivity index (χ1n) is 9.20. The van der Waals surface area contributed by atoms with E-state index in [4.69, 9.17) is 4.74 Å². The maximum absolute atomic E-state index is 13.2. The monoisotopic (exact) mass is 395 g/mol. The number of nitrogens with zero attached hydrogens (tertiary/aromatic N) is 5. The first kappa shape index (κ1) is 18.5. The number of rotatable bonds is 6. The van der Waals surface area contributed by atoms with E-state index >= 15 is 0 Å². The number of amides is 1. The van der Waals surface area contributed by atoms with Gasteiger partial charge in [-0.15, -0.1) is 5.10 Å². The van der Waals surface area contributed by atoms with Crippen LogP contribution in [-0.4, -0.2) is 51.2 Å². The van der Waals surface area contributed by atoms with Gasteiger partial charge in [0.2, 0.25) is 11.1 Å². The standard InChI is InChI=1S/C20H21N5O2S/c1-27-17-12-6-5-11-16(17)25-20(21-22-23-25)28-18(15-9-3-2-4-10-15)19(26)24-13-7-8-14-24/h2-6,9-12,18H,7-8,13-14H2,1H3/t18-/m1/s1. The molecule has 1 aliphatic rings. The Hall–Kier alpha value is -2.87. The number of aromatic nitrogens is 4. The SMILES string of the molecule is COc1ccccc1-n1nnnc1S[C@@H](C(=O)N1CCCC1)c1ccccc1. The molecule has 3 aromatic rings. The molecule has 0 N–H and O–H groups in total. The number of thioether (sulfide) groups is 1. The Morgan fingerprint density at radius 3 is 2.54 bits per heavy atom. The molecular weight excluding hydrogens is 374 g/mol. The number of hydrogen-bond donors (Lipinski definition) is 0. The molecular formula is C20H21N5O2S. The van der Waals surface area contributed by atoms with Gasteiger partial charge in [0.05, 0.1) is 7.11 Å². The van der Waals surface area contributed by atoms with E-state index in [0.29, 0.717) is 10.9 Å². The van der Waals surface area contributed by atoms with Gasteiger partial charge >= 0.3 is 0 Å². The van der Waals surface area contributed by atoms with Crippen molar-refractivity contribution in [3.05, 3.63) is 60.2 Å². The average molecular weight is 395 g/mol. The lowest BCUT2D eigenvalue weighted by Crippen LogP contribution is -2.31. The van der Waals surface area contributed by atoms with Gasteiger partial charge in [0.25, 0.3) is 0 Å². The predicted octanol–water partition coefficient (Wildman–Crippen LogP) is 3.13. The summed E-state index contributed by atoms with van der Waals surface area (Å²) in [4.78, 5) is 15.2. The maximum Gasteiger partial charge on any atom is 0.240 e. The molecule has 1 fully saturated rings. The molecule has 0 aliphatic carbocycles.